The third-order valence-electron chi connectivity index (χ3n) is 7.28. The van der Waals surface area contributed by atoms with Gasteiger partial charge in [0.1, 0.15) is 0 Å². The molecule has 0 saturated heterocycles. The minimum Gasteiger partial charge on any atom is -0.480 e. The molecule has 0 heterocycles. The maximum atomic E-state index is 12.9. The summed E-state index contributed by atoms with van der Waals surface area (Å²) in [7, 11) is 0. The van der Waals surface area contributed by atoms with E-state index in [-0.39, 0.29) is 12.3 Å². The normalized spacial score (nSPS) is 13.4. The smallest absolute Gasteiger partial charge is 0.321 e. The van der Waals surface area contributed by atoms with Crippen molar-refractivity contribution in [3.05, 3.63) is 0 Å². The predicted molar refractivity (Wildman–Crippen MR) is 126 cm³/mol. The molecular weight excluding hydrogens is 376 g/mol. The zero-order valence-electron chi connectivity index (χ0n) is 20.6. The number of aliphatic carboxylic acids is 2. The van der Waals surface area contributed by atoms with Gasteiger partial charge in [0.25, 0.3) is 0 Å². The summed E-state index contributed by atoms with van der Waals surface area (Å²) < 4.78 is 0. The Morgan fingerprint density at radius 2 is 1.00 bits per heavy atom. The molecule has 0 bridgehead atoms. The average Bonchev–Trinajstić information content (AvgIpc) is 2.72. The Hall–Kier alpha value is -1.06. The molecule has 0 rings (SSSR count). The molecule has 0 fully saturated rings. The van der Waals surface area contributed by atoms with E-state index in [0.717, 1.165) is 77.0 Å². The van der Waals surface area contributed by atoms with Crippen molar-refractivity contribution in [2.75, 3.05) is 0 Å². The molecule has 4 heteroatoms. The maximum absolute atomic E-state index is 12.9. The van der Waals surface area contributed by atoms with Gasteiger partial charge in [-0.2, -0.15) is 0 Å². The van der Waals surface area contributed by atoms with Crippen molar-refractivity contribution in [1.82, 2.24) is 0 Å². The topological polar surface area (TPSA) is 74.6 Å². The van der Waals surface area contributed by atoms with Crippen LogP contribution in [0.3, 0.4) is 0 Å². The fraction of sp³-hybridized carbons (Fsp3) is 0.923. The first kappa shape index (κ1) is 28.9. The number of unbranched alkanes of at least 4 members (excludes halogenated alkanes) is 6. The Balaban J connectivity index is 6.69. The summed E-state index contributed by atoms with van der Waals surface area (Å²) in [6, 6.07) is 0. The Morgan fingerprint density at radius 3 is 1.40 bits per heavy atom. The molecule has 178 valence electrons. The summed E-state index contributed by atoms with van der Waals surface area (Å²) in [6.07, 6.45) is 14.2. The summed E-state index contributed by atoms with van der Waals surface area (Å²) in [5.41, 5.74) is -2.35. The highest BCUT2D eigenvalue weighted by Gasteiger charge is 2.63. The van der Waals surface area contributed by atoms with Gasteiger partial charge in [0.2, 0.25) is 0 Å². The van der Waals surface area contributed by atoms with Gasteiger partial charge in [0.15, 0.2) is 5.41 Å². The molecule has 1 unspecified atom stereocenters. The molecule has 0 aliphatic heterocycles. The quantitative estimate of drug-likeness (QED) is 0.152. The zero-order valence-corrected chi connectivity index (χ0v) is 20.6. The Bertz CT molecular complexity index is 450. The summed E-state index contributed by atoms with van der Waals surface area (Å²) in [5.74, 6) is -2.05. The van der Waals surface area contributed by atoms with Gasteiger partial charge in [-0.15, -0.1) is 0 Å². The summed E-state index contributed by atoms with van der Waals surface area (Å²) >= 11 is 0. The molecular formula is C26H50O4. The largest absolute Gasteiger partial charge is 0.480 e. The molecule has 0 aromatic heterocycles. The van der Waals surface area contributed by atoms with E-state index in [0.29, 0.717) is 19.3 Å². The molecule has 4 nitrogen and oxygen atoms in total. The molecule has 0 aliphatic rings. The highest BCUT2D eigenvalue weighted by molar-refractivity contribution is 5.99. The Kier molecular flexibility index (Phi) is 15.1. The van der Waals surface area contributed by atoms with Gasteiger partial charge in [-0.05, 0) is 38.0 Å². The van der Waals surface area contributed by atoms with Crippen molar-refractivity contribution in [2.24, 2.45) is 16.7 Å². The lowest BCUT2D eigenvalue weighted by molar-refractivity contribution is -0.185. The first-order chi connectivity index (χ1) is 14.3. The average molecular weight is 427 g/mol. The van der Waals surface area contributed by atoms with Crippen LogP contribution in [0, 0.1) is 16.7 Å². The van der Waals surface area contributed by atoms with Gasteiger partial charge in [0.05, 0.1) is 0 Å². The third-order valence-corrected chi connectivity index (χ3v) is 7.28. The molecule has 2 N–H and O–H groups in total. The number of rotatable bonds is 20. The standard InChI is InChI=1S/C26H50O4/c1-6-11-16-18-22(17-12-7-2)25(19-13-8-3,20-14-9-4)26(23(27)28,24(29)30)21-15-10-5/h22H,6-21H2,1-5H3,(H,27,28)(H,29,30). The second-order valence-corrected chi connectivity index (χ2v) is 9.32. The molecule has 30 heavy (non-hydrogen) atoms. The van der Waals surface area contributed by atoms with E-state index in [1.807, 2.05) is 6.92 Å². The van der Waals surface area contributed by atoms with E-state index >= 15 is 0 Å². The van der Waals surface area contributed by atoms with Crippen LogP contribution in [0.15, 0.2) is 0 Å². The van der Waals surface area contributed by atoms with Gasteiger partial charge in [-0.25, -0.2) is 0 Å². The Morgan fingerprint density at radius 1 is 0.600 bits per heavy atom. The van der Waals surface area contributed by atoms with Crippen molar-refractivity contribution in [3.8, 4) is 0 Å². The van der Waals surface area contributed by atoms with Crippen LogP contribution in [-0.4, -0.2) is 22.2 Å². The second kappa shape index (κ2) is 15.7. The van der Waals surface area contributed by atoms with E-state index in [9.17, 15) is 19.8 Å². The minimum absolute atomic E-state index is 0.158. The molecule has 1 atom stereocenters. The van der Waals surface area contributed by atoms with Crippen molar-refractivity contribution in [1.29, 1.82) is 0 Å². The predicted octanol–water partition coefficient (Wildman–Crippen LogP) is 8.09. The van der Waals surface area contributed by atoms with E-state index in [1.165, 1.54) is 0 Å². The van der Waals surface area contributed by atoms with Crippen molar-refractivity contribution >= 4 is 11.9 Å². The maximum Gasteiger partial charge on any atom is 0.321 e. The summed E-state index contributed by atoms with van der Waals surface area (Å²) in [5, 5.41) is 21.0. The summed E-state index contributed by atoms with van der Waals surface area (Å²) in [6.45, 7) is 10.6. The van der Waals surface area contributed by atoms with Crippen LogP contribution >= 0.6 is 0 Å². The Labute approximate surface area is 186 Å². The first-order valence-corrected chi connectivity index (χ1v) is 12.8. The fourth-order valence-electron chi connectivity index (χ4n) is 5.50. The lowest BCUT2D eigenvalue weighted by Crippen LogP contribution is -2.57. The van der Waals surface area contributed by atoms with Crippen LogP contribution < -0.4 is 0 Å². The molecule has 0 radical (unpaired) electrons. The third kappa shape index (κ3) is 7.27. The number of carboxylic acid groups (broad SMARTS) is 2. The monoisotopic (exact) mass is 426 g/mol. The minimum atomic E-state index is -1.68. The van der Waals surface area contributed by atoms with Gasteiger partial charge >= 0.3 is 11.9 Å². The molecule has 0 saturated carbocycles. The van der Waals surface area contributed by atoms with E-state index in [2.05, 4.69) is 27.7 Å². The SMILES string of the molecule is CCCCCC(CCCC)C(CCCC)(CCCC)C(CCCC)(C(=O)O)C(=O)O. The second-order valence-electron chi connectivity index (χ2n) is 9.32. The molecule has 0 aliphatic carbocycles. The van der Waals surface area contributed by atoms with Crippen LogP contribution in [0.5, 0.6) is 0 Å². The number of hydrogen-bond acceptors (Lipinski definition) is 2. The first-order valence-electron chi connectivity index (χ1n) is 12.8. The van der Waals surface area contributed by atoms with Crippen LogP contribution in [0.2, 0.25) is 0 Å². The lowest BCUT2D eigenvalue weighted by Gasteiger charge is -2.51. The lowest BCUT2D eigenvalue weighted by atomic mass is 9.50. The van der Waals surface area contributed by atoms with E-state index in [1.54, 1.807) is 0 Å². The van der Waals surface area contributed by atoms with Gasteiger partial charge in [-0.3, -0.25) is 9.59 Å². The highest BCUT2D eigenvalue weighted by atomic mass is 16.4. The van der Waals surface area contributed by atoms with Gasteiger partial charge in [0, 0.05) is 5.41 Å². The van der Waals surface area contributed by atoms with Gasteiger partial charge in [-0.1, -0.05) is 105 Å². The fourth-order valence-corrected chi connectivity index (χ4v) is 5.50. The van der Waals surface area contributed by atoms with Crippen molar-refractivity contribution in [3.63, 3.8) is 0 Å². The van der Waals surface area contributed by atoms with Crippen LogP contribution in [-0.2, 0) is 9.59 Å². The van der Waals surface area contributed by atoms with Crippen LogP contribution in [0.1, 0.15) is 137 Å². The highest BCUT2D eigenvalue weighted by Crippen LogP contribution is 2.58. The number of carbonyl (C=O) groups is 2. The molecule has 0 amide bonds. The summed E-state index contributed by atoms with van der Waals surface area (Å²) in [4.78, 5) is 25.7. The molecule has 0 aromatic carbocycles. The van der Waals surface area contributed by atoms with Crippen LogP contribution in [0.25, 0.3) is 0 Å². The van der Waals surface area contributed by atoms with E-state index in [4.69, 9.17) is 0 Å². The molecule has 0 spiro atoms. The van der Waals surface area contributed by atoms with Gasteiger partial charge < -0.3 is 10.2 Å². The number of carboxylic acids is 2. The molecule has 0 aromatic rings. The van der Waals surface area contributed by atoms with E-state index < -0.39 is 22.8 Å². The van der Waals surface area contributed by atoms with Crippen molar-refractivity contribution < 1.29 is 19.8 Å². The van der Waals surface area contributed by atoms with Crippen molar-refractivity contribution in [2.45, 2.75) is 137 Å². The van der Waals surface area contributed by atoms with Crippen LogP contribution in [0.4, 0.5) is 0 Å². The zero-order chi connectivity index (χ0) is 23.0. The number of hydrogen-bond donors (Lipinski definition) is 2.